The van der Waals surface area contributed by atoms with Crippen LogP contribution in [0.1, 0.15) is 43.2 Å². The number of aliphatic imine (C=N–C) groups is 1. The quantitative estimate of drug-likeness (QED) is 0.153. The van der Waals surface area contributed by atoms with E-state index in [1.807, 2.05) is 0 Å². The van der Waals surface area contributed by atoms with Gasteiger partial charge in [-0.1, -0.05) is 43.5 Å². The number of nitrogens with one attached hydrogen (secondary N) is 2. The third kappa shape index (κ3) is 8.02. The molecule has 0 spiro atoms. The minimum atomic E-state index is -3.72. The monoisotopic (exact) mass is 573 g/mol. The third-order valence-corrected chi connectivity index (χ3v) is 6.15. The van der Waals surface area contributed by atoms with Crippen LogP contribution in [0.5, 0.6) is 0 Å². The highest BCUT2D eigenvalue weighted by molar-refractivity contribution is 14.0. The summed E-state index contributed by atoms with van der Waals surface area (Å²) < 4.78 is 22.8. The summed E-state index contributed by atoms with van der Waals surface area (Å²) >= 11 is 0. The van der Waals surface area contributed by atoms with E-state index in [0.29, 0.717) is 25.1 Å². The first-order valence-corrected chi connectivity index (χ1v) is 11.8. The second-order valence-corrected chi connectivity index (χ2v) is 9.17. The number of nitrogens with two attached hydrogens (primary N) is 1. The van der Waals surface area contributed by atoms with Gasteiger partial charge in [-0.3, -0.25) is 10.1 Å². The number of hydrogen-bond donors (Lipinski definition) is 3. The van der Waals surface area contributed by atoms with Crippen LogP contribution in [-0.2, 0) is 23.1 Å². The topological polar surface area (TPSA) is 140 Å². The maximum atomic E-state index is 11.4. The molecule has 1 saturated carbocycles. The number of benzene rings is 2. The SMILES string of the molecule is I.NS(=O)(=O)c1ccc(CN=C(NCc2ccc([N+](=O)[O-])cc2)NC2CCCCC2)cc1. The maximum Gasteiger partial charge on any atom is 0.269 e. The van der Waals surface area contributed by atoms with Crippen LogP contribution >= 0.6 is 24.0 Å². The van der Waals surface area contributed by atoms with Crippen LogP contribution in [0.2, 0.25) is 0 Å². The Morgan fingerprint density at radius 3 is 2.19 bits per heavy atom. The third-order valence-electron chi connectivity index (χ3n) is 5.22. The molecule has 2 aromatic carbocycles. The predicted molar refractivity (Wildman–Crippen MR) is 134 cm³/mol. The Morgan fingerprint density at radius 2 is 1.62 bits per heavy atom. The largest absolute Gasteiger partial charge is 0.354 e. The number of primary sulfonamides is 1. The van der Waals surface area contributed by atoms with Gasteiger partial charge >= 0.3 is 0 Å². The van der Waals surface area contributed by atoms with Crippen molar-refractivity contribution in [1.29, 1.82) is 0 Å². The van der Waals surface area contributed by atoms with Gasteiger partial charge in [0.25, 0.3) is 5.69 Å². The average Bonchev–Trinajstić information content (AvgIpc) is 2.76. The highest BCUT2D eigenvalue weighted by Crippen LogP contribution is 2.17. The Kier molecular flexibility index (Phi) is 9.84. The highest BCUT2D eigenvalue weighted by Gasteiger charge is 2.15. The van der Waals surface area contributed by atoms with Gasteiger partial charge in [-0.2, -0.15) is 0 Å². The second kappa shape index (κ2) is 12.1. The van der Waals surface area contributed by atoms with Gasteiger partial charge in [0.15, 0.2) is 5.96 Å². The normalized spacial score (nSPS) is 15.0. The van der Waals surface area contributed by atoms with Gasteiger partial charge in [0.2, 0.25) is 10.0 Å². The number of hydrogen-bond acceptors (Lipinski definition) is 5. The molecule has 32 heavy (non-hydrogen) atoms. The van der Waals surface area contributed by atoms with E-state index in [-0.39, 0.29) is 34.6 Å². The molecule has 0 unspecified atom stereocenters. The minimum Gasteiger partial charge on any atom is -0.354 e. The zero-order valence-corrected chi connectivity index (χ0v) is 20.7. The van der Waals surface area contributed by atoms with Gasteiger partial charge in [-0.05, 0) is 36.1 Å². The lowest BCUT2D eigenvalue weighted by molar-refractivity contribution is -0.384. The van der Waals surface area contributed by atoms with Crippen LogP contribution in [0.15, 0.2) is 58.4 Å². The van der Waals surface area contributed by atoms with E-state index in [1.54, 1.807) is 24.3 Å². The van der Waals surface area contributed by atoms with E-state index in [9.17, 15) is 18.5 Å². The number of nitro groups is 1. The molecule has 0 aromatic heterocycles. The van der Waals surface area contributed by atoms with Gasteiger partial charge in [0.1, 0.15) is 0 Å². The van der Waals surface area contributed by atoms with E-state index in [1.165, 1.54) is 43.5 Å². The van der Waals surface area contributed by atoms with E-state index in [4.69, 9.17) is 5.14 Å². The van der Waals surface area contributed by atoms with Crippen molar-refractivity contribution in [1.82, 2.24) is 10.6 Å². The van der Waals surface area contributed by atoms with E-state index in [2.05, 4.69) is 15.6 Å². The first-order valence-electron chi connectivity index (χ1n) is 10.2. The van der Waals surface area contributed by atoms with Crippen LogP contribution in [0.3, 0.4) is 0 Å². The number of nitrogens with zero attached hydrogens (tertiary/aromatic N) is 2. The summed E-state index contributed by atoms with van der Waals surface area (Å²) in [6, 6.07) is 13.1. The molecule has 3 rings (SSSR count). The van der Waals surface area contributed by atoms with Gasteiger partial charge in [0, 0.05) is 24.7 Å². The fourth-order valence-electron chi connectivity index (χ4n) is 3.47. The van der Waals surface area contributed by atoms with E-state index in [0.717, 1.165) is 24.0 Å². The molecule has 9 nitrogen and oxygen atoms in total. The van der Waals surface area contributed by atoms with Gasteiger partial charge in [0.05, 0.1) is 16.4 Å². The first kappa shape index (κ1) is 26.0. The van der Waals surface area contributed by atoms with Crippen molar-refractivity contribution in [2.45, 2.75) is 56.1 Å². The maximum absolute atomic E-state index is 11.4. The molecule has 4 N–H and O–H groups in total. The van der Waals surface area contributed by atoms with Crippen molar-refractivity contribution in [2.24, 2.45) is 10.1 Å². The molecule has 2 aromatic rings. The molecule has 1 fully saturated rings. The molecule has 0 amide bonds. The predicted octanol–water partition coefficient (Wildman–Crippen LogP) is 3.43. The summed E-state index contributed by atoms with van der Waals surface area (Å²) in [4.78, 5) is 15.1. The van der Waals surface area contributed by atoms with Crippen LogP contribution in [0.4, 0.5) is 5.69 Å². The lowest BCUT2D eigenvalue weighted by Crippen LogP contribution is -2.44. The average molecular weight is 573 g/mol. The summed E-state index contributed by atoms with van der Waals surface area (Å²) in [6.45, 7) is 0.841. The number of rotatable bonds is 7. The molecule has 0 radical (unpaired) electrons. The van der Waals surface area contributed by atoms with Crippen molar-refractivity contribution in [2.75, 3.05) is 0 Å². The lowest BCUT2D eigenvalue weighted by Gasteiger charge is -2.25. The van der Waals surface area contributed by atoms with Crippen molar-refractivity contribution >= 4 is 45.6 Å². The first-order chi connectivity index (χ1) is 14.8. The fraction of sp³-hybridized carbons (Fsp3) is 0.381. The van der Waals surface area contributed by atoms with Crippen LogP contribution < -0.4 is 15.8 Å². The van der Waals surface area contributed by atoms with Crippen LogP contribution in [0.25, 0.3) is 0 Å². The summed E-state index contributed by atoms with van der Waals surface area (Å²) in [6.07, 6.45) is 5.78. The molecule has 174 valence electrons. The van der Waals surface area contributed by atoms with Gasteiger partial charge < -0.3 is 10.6 Å². The zero-order valence-electron chi connectivity index (χ0n) is 17.6. The van der Waals surface area contributed by atoms with E-state index >= 15 is 0 Å². The molecule has 1 aliphatic rings. The standard InChI is InChI=1S/C21H27N5O4S.HI/c22-31(29,30)20-12-8-17(9-13-20)15-24-21(25-18-4-2-1-3-5-18)23-14-16-6-10-19(11-7-16)26(27)28;/h6-13,18H,1-5,14-15H2,(H2,22,29,30)(H2,23,24,25);1H. The molecule has 0 atom stereocenters. The van der Waals surface area contributed by atoms with Crippen molar-refractivity contribution in [3.8, 4) is 0 Å². The minimum absolute atomic E-state index is 0. The molecular weight excluding hydrogens is 545 g/mol. The summed E-state index contributed by atoms with van der Waals surface area (Å²) in [5, 5.41) is 22.7. The molecule has 0 bridgehead atoms. The molecule has 0 saturated heterocycles. The fourth-order valence-corrected chi connectivity index (χ4v) is 3.98. The number of guanidine groups is 1. The number of halogens is 1. The van der Waals surface area contributed by atoms with Crippen molar-refractivity contribution in [3.05, 3.63) is 69.8 Å². The summed E-state index contributed by atoms with van der Waals surface area (Å²) in [5.74, 6) is 0.653. The summed E-state index contributed by atoms with van der Waals surface area (Å²) in [5.41, 5.74) is 1.81. The molecule has 1 aliphatic carbocycles. The molecule has 11 heteroatoms. The van der Waals surface area contributed by atoms with Gasteiger partial charge in [-0.15, -0.1) is 24.0 Å². The van der Waals surface area contributed by atoms with Gasteiger partial charge in [-0.25, -0.2) is 18.5 Å². The Labute approximate surface area is 205 Å². The van der Waals surface area contributed by atoms with Crippen molar-refractivity contribution < 1.29 is 13.3 Å². The summed E-state index contributed by atoms with van der Waals surface area (Å²) in [7, 11) is -3.72. The molecular formula is C21H28IN5O4S. The van der Waals surface area contributed by atoms with Crippen LogP contribution in [0, 0.1) is 10.1 Å². The highest BCUT2D eigenvalue weighted by atomic mass is 127. The molecule has 0 aliphatic heterocycles. The van der Waals surface area contributed by atoms with E-state index < -0.39 is 14.9 Å². The lowest BCUT2D eigenvalue weighted by atomic mass is 9.96. The van der Waals surface area contributed by atoms with Crippen LogP contribution in [-0.4, -0.2) is 25.3 Å². The van der Waals surface area contributed by atoms with Crippen molar-refractivity contribution in [3.63, 3.8) is 0 Å². The number of non-ortho nitro benzene ring substituents is 1. The Hall–Kier alpha value is -2.25. The number of nitro benzene ring substituents is 1. The Bertz CT molecular complexity index is 1020. The Balaban J connectivity index is 0.00000363. The second-order valence-electron chi connectivity index (χ2n) is 7.61. The zero-order chi connectivity index (χ0) is 22.3. The Morgan fingerprint density at radius 1 is 1.03 bits per heavy atom. The molecule has 0 heterocycles. The number of sulfonamides is 1. The smallest absolute Gasteiger partial charge is 0.269 e.